The van der Waals surface area contributed by atoms with Crippen LogP contribution < -0.4 is 0 Å². The third-order valence-corrected chi connectivity index (χ3v) is 5.97. The number of nitrogens with zero attached hydrogens (tertiary/aromatic N) is 2. The van der Waals surface area contributed by atoms with Gasteiger partial charge in [0.25, 0.3) is 5.69 Å². The Balaban J connectivity index is 1.80. The second-order valence-corrected chi connectivity index (χ2v) is 7.27. The zero-order valence-corrected chi connectivity index (χ0v) is 13.8. The smallest absolute Gasteiger partial charge is 0.269 e. The van der Waals surface area contributed by atoms with E-state index in [0.29, 0.717) is 0 Å². The van der Waals surface area contributed by atoms with Crippen LogP contribution in [0.2, 0.25) is 0 Å². The van der Waals surface area contributed by atoms with E-state index in [0.717, 1.165) is 22.4 Å². The van der Waals surface area contributed by atoms with Crippen LogP contribution in [0.1, 0.15) is 0 Å². The van der Waals surface area contributed by atoms with E-state index in [9.17, 15) is 10.1 Å². The Labute approximate surface area is 143 Å². The minimum atomic E-state index is -0.396. The van der Waals surface area contributed by atoms with Gasteiger partial charge in [0, 0.05) is 28.5 Å². The summed E-state index contributed by atoms with van der Waals surface area (Å²) in [5.41, 5.74) is 2.91. The van der Waals surface area contributed by atoms with E-state index in [1.54, 1.807) is 34.8 Å². The first-order valence-corrected chi connectivity index (χ1v) is 8.99. The molecule has 0 saturated heterocycles. The van der Waals surface area contributed by atoms with Crippen LogP contribution in [0, 0.1) is 10.1 Å². The number of H-pyrrole nitrogens is 1. The minimum Gasteiger partial charge on any atom is -0.337 e. The number of benzene rings is 2. The fraction of sp³-hybridized carbons (Fsp3) is 0. The van der Waals surface area contributed by atoms with Crippen molar-refractivity contribution in [3.63, 3.8) is 0 Å². The van der Waals surface area contributed by atoms with Crippen molar-refractivity contribution in [1.82, 2.24) is 9.97 Å². The van der Waals surface area contributed by atoms with Gasteiger partial charge in [0.2, 0.25) is 0 Å². The summed E-state index contributed by atoms with van der Waals surface area (Å²) < 4.78 is 2.36. The molecule has 2 aromatic carbocycles. The van der Waals surface area contributed by atoms with E-state index >= 15 is 0 Å². The molecule has 0 aliphatic heterocycles. The lowest BCUT2D eigenvalue weighted by Gasteiger charge is -1.96. The van der Waals surface area contributed by atoms with Gasteiger partial charge >= 0.3 is 0 Å². The van der Waals surface area contributed by atoms with Gasteiger partial charge in [-0.3, -0.25) is 10.1 Å². The summed E-state index contributed by atoms with van der Waals surface area (Å²) in [5, 5.41) is 17.4. The molecule has 3 heterocycles. The Morgan fingerprint density at radius 1 is 0.958 bits per heavy atom. The SMILES string of the molecule is O=[N+]([O-])c1ccc(-c2nc3c([nH]2)c2sccc2c2ccsc23)cc1. The molecule has 5 aromatic rings. The summed E-state index contributed by atoms with van der Waals surface area (Å²) in [4.78, 5) is 18.6. The summed E-state index contributed by atoms with van der Waals surface area (Å²) in [6, 6.07) is 10.7. The van der Waals surface area contributed by atoms with E-state index in [-0.39, 0.29) is 5.69 Å². The van der Waals surface area contributed by atoms with E-state index in [4.69, 9.17) is 4.98 Å². The molecule has 0 unspecified atom stereocenters. The first-order chi connectivity index (χ1) is 11.7. The maximum Gasteiger partial charge on any atom is 0.269 e. The van der Waals surface area contributed by atoms with E-state index < -0.39 is 4.92 Å². The third kappa shape index (κ3) is 1.82. The lowest BCUT2D eigenvalue weighted by Crippen LogP contribution is -1.87. The maximum atomic E-state index is 10.8. The zero-order chi connectivity index (χ0) is 16.3. The number of imidazole rings is 1. The fourth-order valence-corrected chi connectivity index (χ4v) is 4.81. The van der Waals surface area contributed by atoms with Gasteiger partial charge in [-0.15, -0.1) is 22.7 Å². The minimum absolute atomic E-state index is 0.0798. The Hall–Kier alpha value is -2.77. The summed E-state index contributed by atoms with van der Waals surface area (Å²) in [6.45, 7) is 0. The van der Waals surface area contributed by atoms with Crippen molar-refractivity contribution in [2.45, 2.75) is 0 Å². The van der Waals surface area contributed by atoms with Crippen molar-refractivity contribution in [3.8, 4) is 11.4 Å². The molecule has 0 radical (unpaired) electrons. The Morgan fingerprint density at radius 2 is 1.62 bits per heavy atom. The van der Waals surface area contributed by atoms with Crippen LogP contribution in [0.3, 0.4) is 0 Å². The molecule has 3 aromatic heterocycles. The monoisotopic (exact) mass is 351 g/mol. The molecule has 0 spiro atoms. The standard InChI is InChI=1S/C17H9N3O2S2/c21-20(22)10-3-1-9(2-4-10)17-18-13-14(19-17)16-12(6-8-24-16)11-5-7-23-15(11)13/h1-8H,(H,18,19). The van der Waals surface area contributed by atoms with Crippen molar-refractivity contribution in [1.29, 1.82) is 0 Å². The molecule has 5 rings (SSSR count). The molecular weight excluding hydrogens is 342 g/mol. The van der Waals surface area contributed by atoms with Gasteiger partial charge < -0.3 is 4.98 Å². The second kappa shape index (κ2) is 4.86. The van der Waals surface area contributed by atoms with Gasteiger partial charge in [-0.25, -0.2) is 4.98 Å². The molecule has 0 aliphatic rings. The molecule has 0 fully saturated rings. The van der Waals surface area contributed by atoms with E-state index in [2.05, 4.69) is 27.9 Å². The third-order valence-electron chi connectivity index (χ3n) is 4.12. The summed E-state index contributed by atoms with van der Waals surface area (Å²) in [5.74, 6) is 0.732. The van der Waals surface area contributed by atoms with Crippen LogP contribution in [0.15, 0.2) is 47.2 Å². The summed E-state index contributed by atoms with van der Waals surface area (Å²) >= 11 is 3.38. The largest absolute Gasteiger partial charge is 0.337 e. The molecule has 116 valence electrons. The number of nitro groups is 1. The topological polar surface area (TPSA) is 71.8 Å². The van der Waals surface area contributed by atoms with Crippen LogP contribution in [0.25, 0.3) is 42.6 Å². The first kappa shape index (κ1) is 13.6. The highest BCUT2D eigenvalue weighted by Crippen LogP contribution is 2.40. The van der Waals surface area contributed by atoms with Crippen molar-refractivity contribution in [2.24, 2.45) is 0 Å². The van der Waals surface area contributed by atoms with Crippen LogP contribution in [0.5, 0.6) is 0 Å². The number of rotatable bonds is 2. The Kier molecular flexibility index (Phi) is 2.76. The van der Waals surface area contributed by atoms with Crippen molar-refractivity contribution < 1.29 is 4.92 Å². The second-order valence-electron chi connectivity index (χ2n) is 5.44. The summed E-state index contributed by atoms with van der Waals surface area (Å²) in [6.07, 6.45) is 0. The van der Waals surface area contributed by atoms with Crippen molar-refractivity contribution in [3.05, 3.63) is 57.3 Å². The molecule has 0 bridgehead atoms. The maximum absolute atomic E-state index is 10.8. The molecule has 0 aliphatic carbocycles. The predicted octanol–water partition coefficient (Wildman–Crippen LogP) is 5.57. The highest BCUT2D eigenvalue weighted by atomic mass is 32.1. The van der Waals surface area contributed by atoms with Crippen LogP contribution in [-0.2, 0) is 0 Å². The van der Waals surface area contributed by atoms with Gasteiger partial charge in [-0.05, 0) is 35.0 Å². The summed E-state index contributed by atoms with van der Waals surface area (Å²) in [7, 11) is 0. The molecule has 7 heteroatoms. The molecule has 0 amide bonds. The normalized spacial score (nSPS) is 11.7. The number of aromatic amines is 1. The molecule has 24 heavy (non-hydrogen) atoms. The van der Waals surface area contributed by atoms with Gasteiger partial charge in [0.1, 0.15) is 11.3 Å². The quantitative estimate of drug-likeness (QED) is 0.334. The lowest BCUT2D eigenvalue weighted by molar-refractivity contribution is -0.384. The van der Waals surface area contributed by atoms with Crippen molar-refractivity contribution >= 4 is 59.6 Å². The number of nitro benzene ring substituents is 1. The average Bonchev–Trinajstić information content (AvgIpc) is 3.31. The Bertz CT molecular complexity index is 1160. The molecule has 5 nitrogen and oxygen atoms in total. The number of hydrogen-bond acceptors (Lipinski definition) is 5. The molecule has 1 N–H and O–H groups in total. The van der Waals surface area contributed by atoms with Crippen molar-refractivity contribution in [2.75, 3.05) is 0 Å². The van der Waals surface area contributed by atoms with Gasteiger partial charge in [0.05, 0.1) is 19.8 Å². The first-order valence-electron chi connectivity index (χ1n) is 7.23. The van der Waals surface area contributed by atoms with E-state index in [1.165, 1.54) is 32.3 Å². The highest BCUT2D eigenvalue weighted by molar-refractivity contribution is 7.20. The fourth-order valence-electron chi connectivity index (χ4n) is 3.00. The predicted molar refractivity (Wildman–Crippen MR) is 99.0 cm³/mol. The van der Waals surface area contributed by atoms with E-state index in [1.807, 2.05) is 0 Å². The molecule has 0 saturated carbocycles. The highest BCUT2D eigenvalue weighted by Gasteiger charge is 2.16. The number of hydrogen-bond donors (Lipinski definition) is 1. The number of nitrogens with one attached hydrogen (secondary N) is 1. The Morgan fingerprint density at radius 3 is 2.33 bits per heavy atom. The van der Waals surface area contributed by atoms with Gasteiger partial charge in [-0.1, -0.05) is 0 Å². The van der Waals surface area contributed by atoms with Crippen LogP contribution >= 0.6 is 22.7 Å². The number of aromatic nitrogens is 2. The zero-order valence-electron chi connectivity index (χ0n) is 12.1. The number of thiophene rings is 2. The lowest BCUT2D eigenvalue weighted by atomic mass is 10.1. The van der Waals surface area contributed by atoms with Crippen LogP contribution in [-0.4, -0.2) is 14.9 Å². The van der Waals surface area contributed by atoms with Gasteiger partial charge in [0.15, 0.2) is 0 Å². The number of non-ortho nitro benzene ring substituents is 1. The number of fused-ring (bicyclic) bond motifs is 6. The van der Waals surface area contributed by atoms with Crippen LogP contribution in [0.4, 0.5) is 5.69 Å². The molecular formula is C17H9N3O2S2. The molecule has 0 atom stereocenters. The van der Waals surface area contributed by atoms with Gasteiger partial charge in [-0.2, -0.15) is 0 Å². The average molecular weight is 351 g/mol.